The molecule has 0 aliphatic carbocycles. The third-order valence-corrected chi connectivity index (χ3v) is 3.97. The fraction of sp³-hybridized carbons (Fsp3) is 0.400. The predicted molar refractivity (Wildman–Crippen MR) is 79.5 cm³/mol. The molecule has 0 saturated heterocycles. The Morgan fingerprint density at radius 3 is 2.53 bits per heavy atom. The first-order chi connectivity index (χ1) is 9.13. The first-order valence-electron chi connectivity index (χ1n) is 6.53. The van der Waals surface area contributed by atoms with Gasteiger partial charge in [-0.25, -0.2) is 0 Å². The van der Waals surface area contributed by atoms with Crippen LogP contribution in [0.4, 0.5) is 0 Å². The van der Waals surface area contributed by atoms with Crippen LogP contribution in [0.3, 0.4) is 0 Å². The molecule has 0 spiro atoms. The Bertz CT molecular complexity index is 534. The zero-order chi connectivity index (χ0) is 13.8. The van der Waals surface area contributed by atoms with E-state index in [1.165, 1.54) is 5.56 Å². The van der Waals surface area contributed by atoms with Crippen LogP contribution < -0.4 is 5.32 Å². The van der Waals surface area contributed by atoms with E-state index in [4.69, 9.17) is 11.6 Å². The van der Waals surface area contributed by atoms with Gasteiger partial charge in [0.25, 0.3) is 0 Å². The lowest BCUT2D eigenvalue weighted by atomic mass is 10.0. The van der Waals surface area contributed by atoms with Gasteiger partial charge in [-0.2, -0.15) is 5.10 Å². The van der Waals surface area contributed by atoms with E-state index in [9.17, 15) is 0 Å². The summed E-state index contributed by atoms with van der Waals surface area (Å²) in [5.41, 5.74) is 3.32. The lowest BCUT2D eigenvalue weighted by Gasteiger charge is -2.16. The molecule has 1 heterocycles. The highest BCUT2D eigenvalue weighted by Crippen LogP contribution is 2.24. The SMILES string of the molecule is CNC(CCc1c(Cl)c(C)nn1C)c1ccccc1. The molecule has 2 rings (SSSR count). The van der Waals surface area contributed by atoms with E-state index in [1.807, 2.05) is 31.8 Å². The van der Waals surface area contributed by atoms with Crippen molar-refractivity contribution in [3.8, 4) is 0 Å². The Kier molecular flexibility index (Phi) is 4.61. The summed E-state index contributed by atoms with van der Waals surface area (Å²) in [7, 11) is 3.94. The van der Waals surface area contributed by atoms with Crippen molar-refractivity contribution in [3.63, 3.8) is 0 Å². The van der Waals surface area contributed by atoms with Crippen LogP contribution in [0.15, 0.2) is 30.3 Å². The number of halogens is 1. The molecule has 0 bridgehead atoms. The molecule has 1 aromatic heterocycles. The average molecular weight is 278 g/mol. The number of aryl methyl sites for hydroxylation is 2. The number of rotatable bonds is 5. The first-order valence-corrected chi connectivity index (χ1v) is 6.91. The fourth-order valence-electron chi connectivity index (χ4n) is 2.40. The normalized spacial score (nSPS) is 12.6. The average Bonchev–Trinajstić information content (AvgIpc) is 2.66. The van der Waals surface area contributed by atoms with Crippen LogP contribution in [0.25, 0.3) is 0 Å². The van der Waals surface area contributed by atoms with Gasteiger partial charge in [0.2, 0.25) is 0 Å². The molecule has 1 aromatic carbocycles. The number of benzene rings is 1. The summed E-state index contributed by atoms with van der Waals surface area (Å²) in [5, 5.41) is 8.51. The van der Waals surface area contributed by atoms with Crippen LogP contribution in [-0.2, 0) is 13.5 Å². The summed E-state index contributed by atoms with van der Waals surface area (Å²) in [6.45, 7) is 1.94. The van der Waals surface area contributed by atoms with Gasteiger partial charge in [0.15, 0.2) is 0 Å². The number of hydrogen-bond acceptors (Lipinski definition) is 2. The van der Waals surface area contributed by atoms with E-state index in [2.05, 4.69) is 34.7 Å². The van der Waals surface area contributed by atoms with Crippen LogP contribution in [0.2, 0.25) is 5.02 Å². The molecule has 4 heteroatoms. The zero-order valence-corrected chi connectivity index (χ0v) is 12.4. The highest BCUT2D eigenvalue weighted by Gasteiger charge is 2.14. The molecule has 0 saturated carbocycles. The van der Waals surface area contributed by atoms with E-state index < -0.39 is 0 Å². The van der Waals surface area contributed by atoms with E-state index in [0.29, 0.717) is 6.04 Å². The molecule has 0 amide bonds. The third-order valence-electron chi connectivity index (χ3n) is 3.48. The molecule has 2 aromatic rings. The van der Waals surface area contributed by atoms with Crippen molar-refractivity contribution in [2.75, 3.05) is 7.05 Å². The minimum absolute atomic E-state index is 0.340. The second-order valence-corrected chi connectivity index (χ2v) is 5.14. The number of aromatic nitrogens is 2. The van der Waals surface area contributed by atoms with E-state index in [-0.39, 0.29) is 0 Å². The lowest BCUT2D eigenvalue weighted by molar-refractivity contribution is 0.535. The predicted octanol–water partition coefficient (Wildman–Crippen LogP) is 3.28. The van der Waals surface area contributed by atoms with Crippen molar-refractivity contribution in [1.29, 1.82) is 0 Å². The summed E-state index contributed by atoms with van der Waals surface area (Å²) in [5.74, 6) is 0. The van der Waals surface area contributed by atoms with Gasteiger partial charge in [0, 0.05) is 13.1 Å². The number of nitrogens with one attached hydrogen (secondary N) is 1. The van der Waals surface area contributed by atoms with Gasteiger partial charge in [-0.3, -0.25) is 4.68 Å². The van der Waals surface area contributed by atoms with Gasteiger partial charge >= 0.3 is 0 Å². The molecule has 0 fully saturated rings. The fourth-order valence-corrected chi connectivity index (χ4v) is 2.65. The largest absolute Gasteiger partial charge is 0.313 e. The summed E-state index contributed by atoms with van der Waals surface area (Å²) in [4.78, 5) is 0. The Hall–Kier alpha value is -1.32. The van der Waals surface area contributed by atoms with Crippen LogP contribution in [0.5, 0.6) is 0 Å². The summed E-state index contributed by atoms with van der Waals surface area (Å²) < 4.78 is 1.88. The number of nitrogens with zero attached hydrogens (tertiary/aromatic N) is 2. The molecule has 3 nitrogen and oxygen atoms in total. The molecule has 1 N–H and O–H groups in total. The van der Waals surface area contributed by atoms with Crippen molar-refractivity contribution in [2.24, 2.45) is 7.05 Å². The minimum atomic E-state index is 0.340. The summed E-state index contributed by atoms with van der Waals surface area (Å²) in [6, 6.07) is 10.8. The van der Waals surface area contributed by atoms with Crippen molar-refractivity contribution in [1.82, 2.24) is 15.1 Å². The highest BCUT2D eigenvalue weighted by molar-refractivity contribution is 6.31. The minimum Gasteiger partial charge on any atom is -0.313 e. The smallest absolute Gasteiger partial charge is 0.0846 e. The van der Waals surface area contributed by atoms with Gasteiger partial charge < -0.3 is 5.32 Å². The molecule has 1 atom stereocenters. The first kappa shape index (κ1) is 14.1. The summed E-state index contributed by atoms with van der Waals surface area (Å²) in [6.07, 6.45) is 1.91. The molecule has 0 radical (unpaired) electrons. The van der Waals surface area contributed by atoms with Crippen LogP contribution in [0.1, 0.15) is 29.4 Å². The lowest BCUT2D eigenvalue weighted by Crippen LogP contribution is -2.17. The second kappa shape index (κ2) is 6.22. The Morgan fingerprint density at radius 1 is 1.32 bits per heavy atom. The molecule has 19 heavy (non-hydrogen) atoms. The van der Waals surface area contributed by atoms with Gasteiger partial charge in [-0.1, -0.05) is 41.9 Å². The molecule has 102 valence electrons. The molecular formula is C15H20ClN3. The maximum Gasteiger partial charge on any atom is 0.0846 e. The van der Waals surface area contributed by atoms with Gasteiger partial charge in [0.05, 0.1) is 16.4 Å². The Balaban J connectivity index is 2.08. The van der Waals surface area contributed by atoms with Gasteiger partial charge in [0.1, 0.15) is 0 Å². The molecule has 0 aliphatic heterocycles. The number of hydrogen-bond donors (Lipinski definition) is 1. The van der Waals surface area contributed by atoms with Crippen molar-refractivity contribution in [3.05, 3.63) is 52.3 Å². The van der Waals surface area contributed by atoms with E-state index >= 15 is 0 Å². The third kappa shape index (κ3) is 3.17. The highest BCUT2D eigenvalue weighted by atomic mass is 35.5. The molecule has 0 aliphatic rings. The molecular weight excluding hydrogens is 258 g/mol. The Labute approximate surface area is 119 Å². The van der Waals surface area contributed by atoms with Gasteiger partial charge in [-0.05, 0) is 32.4 Å². The van der Waals surface area contributed by atoms with Crippen LogP contribution >= 0.6 is 11.6 Å². The summed E-state index contributed by atoms with van der Waals surface area (Å²) >= 11 is 6.28. The van der Waals surface area contributed by atoms with Crippen molar-refractivity contribution >= 4 is 11.6 Å². The monoisotopic (exact) mass is 277 g/mol. The zero-order valence-electron chi connectivity index (χ0n) is 11.7. The van der Waals surface area contributed by atoms with Crippen molar-refractivity contribution < 1.29 is 0 Å². The van der Waals surface area contributed by atoms with E-state index in [1.54, 1.807) is 0 Å². The standard InChI is InChI=1S/C15H20ClN3/c1-11-15(16)14(19(3)18-11)10-9-13(17-2)12-7-5-4-6-8-12/h4-8,13,17H,9-10H2,1-3H3. The quantitative estimate of drug-likeness (QED) is 0.909. The maximum atomic E-state index is 6.28. The van der Waals surface area contributed by atoms with E-state index in [0.717, 1.165) is 29.3 Å². The van der Waals surface area contributed by atoms with Crippen LogP contribution in [-0.4, -0.2) is 16.8 Å². The maximum absolute atomic E-state index is 6.28. The second-order valence-electron chi connectivity index (χ2n) is 4.76. The molecule has 1 unspecified atom stereocenters. The van der Waals surface area contributed by atoms with Gasteiger partial charge in [-0.15, -0.1) is 0 Å². The van der Waals surface area contributed by atoms with Crippen molar-refractivity contribution in [2.45, 2.75) is 25.8 Å². The van der Waals surface area contributed by atoms with Crippen LogP contribution in [0, 0.1) is 6.92 Å². The Morgan fingerprint density at radius 2 is 2.00 bits per heavy atom. The topological polar surface area (TPSA) is 29.9 Å².